The van der Waals surface area contributed by atoms with Crippen LogP contribution in [-0.2, 0) is 19.1 Å². The van der Waals surface area contributed by atoms with Crippen LogP contribution in [0.1, 0.15) is 91.9 Å². The predicted molar refractivity (Wildman–Crippen MR) is 114 cm³/mol. The lowest BCUT2D eigenvalue weighted by Crippen LogP contribution is -2.53. The number of rotatable bonds is 2. The van der Waals surface area contributed by atoms with Gasteiger partial charge in [-0.3, -0.25) is 9.59 Å². The third-order valence-electron chi connectivity index (χ3n) is 10.3. The van der Waals surface area contributed by atoms with E-state index in [1.807, 2.05) is 0 Å². The Morgan fingerprint density at radius 1 is 1.07 bits per heavy atom. The highest BCUT2D eigenvalue weighted by Crippen LogP contribution is 2.68. The molecule has 0 aromatic heterocycles. The van der Waals surface area contributed by atoms with Crippen molar-refractivity contribution < 1.29 is 19.1 Å². The molecule has 1 aliphatic heterocycles. The maximum Gasteiger partial charge on any atom is 0.306 e. The molecule has 4 nitrogen and oxygen atoms in total. The first kappa shape index (κ1) is 20.6. The fourth-order valence-corrected chi connectivity index (χ4v) is 8.92. The summed E-state index contributed by atoms with van der Waals surface area (Å²) in [6, 6.07) is 0. The Hall–Kier alpha value is -1.32. The molecule has 1 heterocycles. The molecule has 3 saturated carbocycles. The molecule has 5 aliphatic rings. The second-order valence-electron chi connectivity index (χ2n) is 11.7. The second-order valence-corrected chi connectivity index (χ2v) is 11.7. The summed E-state index contributed by atoms with van der Waals surface area (Å²) >= 11 is 0. The maximum atomic E-state index is 11.9. The molecule has 166 valence electrons. The maximum absolute atomic E-state index is 11.9. The summed E-state index contributed by atoms with van der Waals surface area (Å²) in [5.41, 5.74) is 1.85. The number of carbonyl (C=O) groups is 2. The lowest BCUT2D eigenvalue weighted by Gasteiger charge is -2.59. The monoisotopic (exact) mass is 414 g/mol. The third-order valence-corrected chi connectivity index (χ3v) is 10.3. The number of cyclic esters (lactones) is 1. The van der Waals surface area contributed by atoms with E-state index in [-0.39, 0.29) is 34.5 Å². The second kappa shape index (κ2) is 6.84. The molecule has 0 unspecified atom stereocenters. The summed E-state index contributed by atoms with van der Waals surface area (Å²) in [4.78, 5) is 23.4. The molecular formula is C26H38O4. The number of ether oxygens (including phenoxy) is 2. The van der Waals surface area contributed by atoms with Crippen LogP contribution in [0, 0.1) is 34.5 Å². The van der Waals surface area contributed by atoms with Gasteiger partial charge in [0, 0.05) is 25.7 Å². The Morgan fingerprint density at radius 3 is 2.57 bits per heavy atom. The van der Waals surface area contributed by atoms with Crippen molar-refractivity contribution in [3.63, 3.8) is 0 Å². The van der Waals surface area contributed by atoms with Gasteiger partial charge in [-0.2, -0.15) is 0 Å². The molecule has 0 radical (unpaired) electrons. The van der Waals surface area contributed by atoms with Gasteiger partial charge < -0.3 is 9.47 Å². The van der Waals surface area contributed by atoms with Gasteiger partial charge in [0.25, 0.3) is 0 Å². The van der Waals surface area contributed by atoms with Crippen molar-refractivity contribution in [2.24, 2.45) is 34.5 Å². The van der Waals surface area contributed by atoms with Crippen LogP contribution in [0.3, 0.4) is 0 Å². The smallest absolute Gasteiger partial charge is 0.306 e. The van der Waals surface area contributed by atoms with Gasteiger partial charge in [-0.15, -0.1) is 0 Å². The van der Waals surface area contributed by atoms with Gasteiger partial charge >= 0.3 is 11.9 Å². The van der Waals surface area contributed by atoms with Crippen LogP contribution in [0.4, 0.5) is 0 Å². The van der Waals surface area contributed by atoms with E-state index in [2.05, 4.69) is 26.8 Å². The van der Waals surface area contributed by atoms with Gasteiger partial charge in [0.15, 0.2) is 0 Å². The summed E-state index contributed by atoms with van der Waals surface area (Å²) in [5.74, 6) is 2.57. The highest BCUT2D eigenvalue weighted by molar-refractivity contribution is 5.72. The first-order valence-corrected chi connectivity index (χ1v) is 12.2. The van der Waals surface area contributed by atoms with Crippen LogP contribution < -0.4 is 0 Å². The molecule has 0 N–H and O–H groups in total. The summed E-state index contributed by atoms with van der Waals surface area (Å²) in [6.45, 7) is 8.75. The van der Waals surface area contributed by atoms with Crippen LogP contribution in [0.25, 0.3) is 0 Å². The number of allylic oxidation sites excluding steroid dienone is 1. The van der Waals surface area contributed by atoms with E-state index in [1.165, 1.54) is 39.0 Å². The van der Waals surface area contributed by atoms with Gasteiger partial charge in [-0.1, -0.05) is 25.5 Å². The molecule has 0 aromatic carbocycles. The van der Waals surface area contributed by atoms with Crippen molar-refractivity contribution in [2.45, 2.75) is 104 Å². The van der Waals surface area contributed by atoms with Gasteiger partial charge in [-0.25, -0.2) is 0 Å². The first-order chi connectivity index (χ1) is 14.2. The number of fused-ring (bicyclic) bond motifs is 5. The quantitative estimate of drug-likeness (QED) is 0.436. The fraction of sp³-hybridized carbons (Fsp3) is 0.846. The van der Waals surface area contributed by atoms with E-state index >= 15 is 0 Å². The Bertz CT molecular complexity index is 786. The summed E-state index contributed by atoms with van der Waals surface area (Å²) < 4.78 is 11.5. The molecule has 30 heavy (non-hydrogen) atoms. The Kier molecular flexibility index (Phi) is 4.69. The zero-order valence-electron chi connectivity index (χ0n) is 19.2. The number of carbonyl (C=O) groups excluding carboxylic acids is 2. The summed E-state index contributed by atoms with van der Waals surface area (Å²) in [7, 11) is 0. The highest BCUT2D eigenvalue weighted by Gasteiger charge is 2.63. The van der Waals surface area contributed by atoms with Crippen molar-refractivity contribution in [2.75, 3.05) is 0 Å². The van der Waals surface area contributed by atoms with Crippen LogP contribution in [0.5, 0.6) is 0 Å². The van der Waals surface area contributed by atoms with Crippen molar-refractivity contribution in [1.29, 1.82) is 0 Å². The van der Waals surface area contributed by atoms with Gasteiger partial charge in [0.1, 0.15) is 11.7 Å². The predicted octanol–water partition coefficient (Wildman–Crippen LogP) is 5.59. The van der Waals surface area contributed by atoms with Crippen molar-refractivity contribution >= 4 is 11.9 Å². The third kappa shape index (κ3) is 2.92. The Morgan fingerprint density at radius 2 is 1.87 bits per heavy atom. The molecule has 0 amide bonds. The summed E-state index contributed by atoms with van der Waals surface area (Å²) in [5, 5.41) is 0. The summed E-state index contributed by atoms with van der Waals surface area (Å²) in [6.07, 6.45) is 13.3. The highest BCUT2D eigenvalue weighted by atomic mass is 16.6. The van der Waals surface area contributed by atoms with E-state index in [1.54, 1.807) is 5.57 Å². The molecule has 4 aliphatic carbocycles. The largest absolute Gasteiger partial charge is 0.462 e. The van der Waals surface area contributed by atoms with Gasteiger partial charge in [0.2, 0.25) is 0 Å². The standard InChI is InChI=1S/C26H38O4/c1-16(27)29-18-9-12-24(2)17(15-18)5-6-19-20-7-8-22(25(20,3)13-10-21(19)24)26(4)14-11-23(28)30-26/h5,18-22H,6-15H2,1-4H3/t18-,19+,20+,21+,22+,24-,25+,26-/m0/s1. The minimum absolute atomic E-state index is 0.000489. The molecule has 4 fully saturated rings. The first-order valence-electron chi connectivity index (χ1n) is 12.2. The van der Waals surface area contributed by atoms with E-state index in [0.717, 1.165) is 43.4 Å². The number of hydrogen-bond donors (Lipinski definition) is 0. The molecule has 8 atom stereocenters. The van der Waals surface area contributed by atoms with Gasteiger partial charge in [0.05, 0.1) is 0 Å². The topological polar surface area (TPSA) is 52.6 Å². The van der Waals surface area contributed by atoms with Crippen LogP contribution >= 0.6 is 0 Å². The zero-order valence-corrected chi connectivity index (χ0v) is 19.2. The van der Waals surface area contributed by atoms with E-state index < -0.39 is 0 Å². The molecule has 1 saturated heterocycles. The normalized spacial score (nSPS) is 50.1. The van der Waals surface area contributed by atoms with E-state index in [9.17, 15) is 9.59 Å². The Balaban J connectivity index is 1.39. The molecule has 0 bridgehead atoms. The molecule has 4 heteroatoms. The minimum Gasteiger partial charge on any atom is -0.462 e. The molecule has 0 aromatic rings. The van der Waals surface area contributed by atoms with Crippen LogP contribution in [0.15, 0.2) is 11.6 Å². The molecular weight excluding hydrogens is 376 g/mol. The zero-order chi connectivity index (χ0) is 21.3. The van der Waals surface area contributed by atoms with Crippen LogP contribution in [-0.4, -0.2) is 23.6 Å². The van der Waals surface area contributed by atoms with Crippen molar-refractivity contribution in [1.82, 2.24) is 0 Å². The average molecular weight is 415 g/mol. The van der Waals surface area contributed by atoms with E-state index in [0.29, 0.717) is 12.3 Å². The molecule has 5 rings (SSSR count). The van der Waals surface area contributed by atoms with Gasteiger partial charge in [-0.05, 0) is 86.9 Å². The van der Waals surface area contributed by atoms with Crippen molar-refractivity contribution in [3.05, 3.63) is 11.6 Å². The van der Waals surface area contributed by atoms with Crippen molar-refractivity contribution in [3.8, 4) is 0 Å². The van der Waals surface area contributed by atoms with E-state index in [4.69, 9.17) is 9.47 Å². The fourth-order valence-electron chi connectivity index (χ4n) is 8.92. The minimum atomic E-state index is -0.255. The molecule has 0 spiro atoms. The average Bonchev–Trinajstić information content (AvgIpc) is 3.21. The lowest BCUT2D eigenvalue weighted by atomic mass is 9.46. The number of esters is 2. The van der Waals surface area contributed by atoms with Crippen LogP contribution in [0.2, 0.25) is 0 Å². The Labute approximate surface area is 181 Å². The SMILES string of the molecule is CC(=O)O[C@H]1CC[C@@]2(C)C(=CC[C@@H]3[C@H]4CC[C@@H]([C@]5(C)CCC(=O)O5)[C@]4(C)CC[C@H]32)C1. The number of hydrogen-bond acceptors (Lipinski definition) is 4. The lowest BCUT2D eigenvalue weighted by molar-refractivity contribution is -0.159.